The van der Waals surface area contributed by atoms with Crippen molar-refractivity contribution in [2.75, 3.05) is 0 Å². The summed E-state index contributed by atoms with van der Waals surface area (Å²) in [5.41, 5.74) is 9.26. The van der Waals surface area contributed by atoms with Crippen molar-refractivity contribution >= 4 is 22.2 Å². The van der Waals surface area contributed by atoms with Crippen molar-refractivity contribution in [1.82, 2.24) is 0 Å². The highest BCUT2D eigenvalue weighted by atomic mass is 19.3. The van der Waals surface area contributed by atoms with Crippen molar-refractivity contribution in [2.45, 2.75) is 71.1 Å². The summed E-state index contributed by atoms with van der Waals surface area (Å²) in [5.74, 6) is -1.94. The Morgan fingerprint density at radius 1 is 0.935 bits per heavy atom. The first kappa shape index (κ1) is 20.4. The average molecular weight is 418 g/mol. The van der Waals surface area contributed by atoms with Crippen LogP contribution in [0, 0.1) is 13.8 Å². The molecular formula is C28H29F2N. The summed E-state index contributed by atoms with van der Waals surface area (Å²) in [5, 5.41) is 2.45. The number of aryl methyl sites for hydroxylation is 2. The van der Waals surface area contributed by atoms with Crippen LogP contribution in [-0.2, 0) is 0 Å². The second-order valence-electron chi connectivity index (χ2n) is 9.79. The van der Waals surface area contributed by atoms with Crippen LogP contribution in [0.15, 0.2) is 47.5 Å². The molecule has 160 valence electrons. The van der Waals surface area contributed by atoms with E-state index in [1.165, 1.54) is 33.0 Å². The molecule has 1 fully saturated rings. The summed E-state index contributed by atoms with van der Waals surface area (Å²) >= 11 is 0. The van der Waals surface area contributed by atoms with Crippen LogP contribution in [0.3, 0.4) is 0 Å². The molecule has 5 rings (SSSR count). The Labute approximate surface area is 183 Å². The van der Waals surface area contributed by atoms with E-state index in [1.54, 1.807) is 0 Å². The lowest BCUT2D eigenvalue weighted by Crippen LogP contribution is -2.23. The van der Waals surface area contributed by atoms with Crippen LogP contribution in [-0.4, -0.2) is 11.6 Å². The van der Waals surface area contributed by atoms with Crippen LogP contribution in [0.2, 0.25) is 0 Å². The number of halogens is 2. The molecule has 2 aliphatic rings. The minimum Gasteiger partial charge on any atom is -0.247 e. The van der Waals surface area contributed by atoms with Crippen molar-refractivity contribution in [3.8, 4) is 0 Å². The van der Waals surface area contributed by atoms with Gasteiger partial charge in [0.05, 0.1) is 11.4 Å². The maximum Gasteiger partial charge on any atom is 0.248 e. The van der Waals surface area contributed by atoms with Crippen LogP contribution in [0.5, 0.6) is 0 Å². The molecule has 3 aromatic rings. The van der Waals surface area contributed by atoms with Gasteiger partial charge in [0.15, 0.2) is 0 Å². The van der Waals surface area contributed by atoms with E-state index in [9.17, 15) is 8.78 Å². The van der Waals surface area contributed by atoms with Gasteiger partial charge in [-0.3, -0.25) is 0 Å². The second kappa shape index (κ2) is 7.25. The smallest absolute Gasteiger partial charge is 0.247 e. The van der Waals surface area contributed by atoms with Gasteiger partial charge in [0.2, 0.25) is 5.92 Å². The summed E-state index contributed by atoms with van der Waals surface area (Å²) in [7, 11) is 0. The molecular weight excluding hydrogens is 388 g/mol. The maximum atomic E-state index is 13.8. The molecule has 1 aliphatic carbocycles. The molecule has 0 amide bonds. The third-order valence-electron chi connectivity index (χ3n) is 6.94. The summed E-state index contributed by atoms with van der Waals surface area (Å²) in [4.78, 5) is 5.06. The van der Waals surface area contributed by atoms with Crippen molar-refractivity contribution < 1.29 is 8.78 Å². The van der Waals surface area contributed by atoms with Crippen LogP contribution >= 0.6 is 0 Å². The van der Waals surface area contributed by atoms with E-state index in [1.807, 2.05) is 0 Å². The van der Waals surface area contributed by atoms with Crippen LogP contribution in [0.25, 0.3) is 10.8 Å². The fraction of sp³-hybridized carbons (Fsp3) is 0.393. The first-order chi connectivity index (χ1) is 14.7. The Morgan fingerprint density at radius 2 is 1.61 bits per heavy atom. The van der Waals surface area contributed by atoms with Gasteiger partial charge in [-0.15, -0.1) is 0 Å². The van der Waals surface area contributed by atoms with Crippen molar-refractivity contribution in [3.05, 3.63) is 75.8 Å². The Hall–Kier alpha value is -2.55. The lowest BCUT2D eigenvalue weighted by molar-refractivity contribution is -0.0382. The van der Waals surface area contributed by atoms with Gasteiger partial charge in [0.1, 0.15) is 0 Å². The third kappa shape index (κ3) is 3.58. The van der Waals surface area contributed by atoms with E-state index in [0.29, 0.717) is 18.8 Å². The number of hydrogen-bond acceptors (Lipinski definition) is 1. The number of hydrogen-bond donors (Lipinski definition) is 0. The first-order valence-electron chi connectivity index (χ1n) is 11.4. The fourth-order valence-corrected chi connectivity index (χ4v) is 5.41. The predicted molar refractivity (Wildman–Crippen MR) is 125 cm³/mol. The van der Waals surface area contributed by atoms with E-state index < -0.39 is 5.92 Å². The van der Waals surface area contributed by atoms with Gasteiger partial charge in [-0.05, 0) is 79.3 Å². The zero-order valence-corrected chi connectivity index (χ0v) is 18.7. The molecule has 1 heterocycles. The Morgan fingerprint density at radius 3 is 2.26 bits per heavy atom. The fourth-order valence-electron chi connectivity index (χ4n) is 5.41. The largest absolute Gasteiger partial charge is 0.248 e. The number of alkyl halides is 2. The third-order valence-corrected chi connectivity index (χ3v) is 6.94. The van der Waals surface area contributed by atoms with E-state index in [0.717, 1.165) is 22.5 Å². The van der Waals surface area contributed by atoms with Gasteiger partial charge in [0, 0.05) is 29.4 Å². The summed E-state index contributed by atoms with van der Waals surface area (Å²) < 4.78 is 27.6. The molecule has 0 aromatic heterocycles. The van der Waals surface area contributed by atoms with Gasteiger partial charge in [-0.2, -0.15) is 0 Å². The molecule has 0 radical (unpaired) electrons. The molecule has 0 bridgehead atoms. The zero-order valence-electron chi connectivity index (χ0n) is 18.7. The first-order valence-corrected chi connectivity index (χ1v) is 11.4. The standard InChI is InChI=1S/C28H29F2N/c1-16(2)22-5-6-25-26-23(22)14-20(19-7-9-28(29,30)10-8-19)15-24(26)27(31-25)21-12-17(3)11-18(4)13-21/h5-6,11-16,19H,7-10H2,1-4H3. The molecule has 31 heavy (non-hydrogen) atoms. The average Bonchev–Trinajstić information content (AvgIpc) is 3.07. The summed E-state index contributed by atoms with van der Waals surface area (Å²) in [6.07, 6.45) is 1.07. The van der Waals surface area contributed by atoms with Gasteiger partial charge in [0.25, 0.3) is 0 Å². The zero-order chi connectivity index (χ0) is 21.9. The highest BCUT2D eigenvalue weighted by Gasteiger charge is 2.36. The van der Waals surface area contributed by atoms with E-state index in [-0.39, 0.29) is 18.8 Å². The van der Waals surface area contributed by atoms with E-state index in [4.69, 9.17) is 4.99 Å². The molecule has 1 aliphatic heterocycles. The SMILES string of the molecule is Cc1cc(C)cc(C2=Nc3ccc(C(C)C)c4cc(C5CCC(F)(F)CC5)cc2c34)c1. The maximum absolute atomic E-state index is 13.8. The summed E-state index contributed by atoms with van der Waals surface area (Å²) in [6.45, 7) is 8.66. The van der Waals surface area contributed by atoms with Crippen molar-refractivity contribution in [3.63, 3.8) is 0 Å². The quantitative estimate of drug-likeness (QED) is 0.317. The molecule has 0 saturated heterocycles. The molecule has 0 atom stereocenters. The highest BCUT2D eigenvalue weighted by molar-refractivity contribution is 6.26. The molecule has 1 nitrogen and oxygen atoms in total. The van der Waals surface area contributed by atoms with Crippen molar-refractivity contribution in [2.24, 2.45) is 4.99 Å². The van der Waals surface area contributed by atoms with Gasteiger partial charge in [-0.1, -0.05) is 43.2 Å². The summed E-state index contributed by atoms with van der Waals surface area (Å²) in [6, 6.07) is 15.4. The normalized spacial score (nSPS) is 18.1. The van der Waals surface area contributed by atoms with Gasteiger partial charge < -0.3 is 0 Å². The minimum atomic E-state index is -2.51. The van der Waals surface area contributed by atoms with E-state index >= 15 is 0 Å². The molecule has 0 spiro atoms. The molecule has 0 N–H and O–H groups in total. The second-order valence-corrected chi connectivity index (χ2v) is 9.79. The monoisotopic (exact) mass is 417 g/mol. The predicted octanol–water partition coefficient (Wildman–Crippen LogP) is 8.36. The van der Waals surface area contributed by atoms with Gasteiger partial charge >= 0.3 is 0 Å². The molecule has 1 saturated carbocycles. The topological polar surface area (TPSA) is 12.4 Å². The minimum absolute atomic E-state index is 0.0138. The molecule has 3 heteroatoms. The Bertz CT molecular complexity index is 1190. The Balaban J connectivity index is 1.70. The van der Waals surface area contributed by atoms with Crippen LogP contribution in [0.1, 0.15) is 84.7 Å². The number of aliphatic imine (C=N–C) groups is 1. The lowest BCUT2D eigenvalue weighted by Gasteiger charge is -2.29. The molecule has 0 unspecified atom stereocenters. The molecule has 3 aromatic carbocycles. The van der Waals surface area contributed by atoms with E-state index in [2.05, 4.69) is 70.2 Å². The van der Waals surface area contributed by atoms with Crippen molar-refractivity contribution in [1.29, 1.82) is 0 Å². The van der Waals surface area contributed by atoms with Crippen LogP contribution in [0.4, 0.5) is 14.5 Å². The lowest BCUT2D eigenvalue weighted by atomic mass is 9.79. The number of benzene rings is 3. The van der Waals surface area contributed by atoms with Gasteiger partial charge in [-0.25, -0.2) is 13.8 Å². The Kier molecular flexibility index (Phi) is 4.76. The number of rotatable bonds is 3. The number of nitrogens with zero attached hydrogens (tertiary/aromatic N) is 1. The highest BCUT2D eigenvalue weighted by Crippen LogP contribution is 2.46. The van der Waals surface area contributed by atoms with Crippen LogP contribution < -0.4 is 0 Å².